The van der Waals surface area contributed by atoms with Crippen LogP contribution in [0.2, 0.25) is 0 Å². The fraction of sp³-hybridized carbons (Fsp3) is 0.550. The van der Waals surface area contributed by atoms with Gasteiger partial charge in [0.1, 0.15) is 47.9 Å². The SMILES string of the molecule is COS[P@]1(=O)OC[C@H]2O[C@@H](n3cnc4c(N)ncnc43)[C@H](OP(=O)(O)OC[C@H]3O[C@@H](n4ccc(=O)[nH]c4=O)[C@H](F)[C@@H]3O1)[C@@H]2F. The van der Waals surface area contributed by atoms with Crippen LogP contribution >= 0.6 is 26.3 Å². The molecule has 6 rings (SSSR count). The van der Waals surface area contributed by atoms with Crippen LogP contribution in [0.1, 0.15) is 12.5 Å². The van der Waals surface area contributed by atoms with Crippen molar-refractivity contribution in [1.82, 2.24) is 29.1 Å². The Bertz CT molecular complexity index is 1760. The molecule has 0 amide bonds. The van der Waals surface area contributed by atoms with Gasteiger partial charge in [0, 0.05) is 12.3 Å². The molecule has 2 bridgehead atoms. The van der Waals surface area contributed by atoms with Crippen LogP contribution < -0.4 is 17.0 Å². The van der Waals surface area contributed by atoms with Gasteiger partial charge in [-0.3, -0.25) is 37.0 Å². The van der Waals surface area contributed by atoms with Crippen molar-refractivity contribution in [2.24, 2.45) is 0 Å². The van der Waals surface area contributed by atoms with Gasteiger partial charge in [-0.2, -0.15) is 0 Å². The summed E-state index contributed by atoms with van der Waals surface area (Å²) in [5, 5.41) is 0. The van der Waals surface area contributed by atoms with Gasteiger partial charge in [0.2, 0.25) is 0 Å². The molecule has 4 N–H and O–H groups in total. The van der Waals surface area contributed by atoms with Gasteiger partial charge in [0.25, 0.3) is 5.56 Å². The number of H-pyrrole nitrogens is 1. The standard InChI is InChI=1S/C20H23F2N7O12P2S/c1-35-44-43(34)37-4-8-11(21)15(19(38-8)29-7-26-13-16(23)24-6-25-17(13)29)40-42(32,33)36-5-9-14(41-43)12(22)18(39-9)28-3-2-10(30)27-20(28)31/h2-3,6-9,11-12,14-15,18-19H,4-5H2,1H3,(H,32,33)(H2,23,24,25)(H,27,30,31)/t8-,9-,11-,12-,14-,15-,18-,19-,43-/m1/s1. The number of nitrogens with zero attached hydrogens (tertiary/aromatic N) is 5. The average Bonchev–Trinajstić information content (AvgIpc) is 3.61. The van der Waals surface area contributed by atoms with E-state index in [0.29, 0.717) is 4.57 Å². The van der Waals surface area contributed by atoms with Gasteiger partial charge in [-0.25, -0.2) is 37.7 Å². The van der Waals surface area contributed by atoms with E-state index in [4.69, 9.17) is 37.5 Å². The Labute approximate surface area is 248 Å². The number of nitrogens with one attached hydrogen (secondary N) is 1. The maximum Gasteiger partial charge on any atom is 0.472 e. The highest BCUT2D eigenvalue weighted by atomic mass is 32.7. The monoisotopic (exact) mass is 685 g/mol. The highest BCUT2D eigenvalue weighted by molar-refractivity contribution is 8.52. The molecule has 24 heteroatoms. The van der Waals surface area contributed by atoms with Gasteiger partial charge in [0.15, 0.2) is 36.3 Å². The Morgan fingerprint density at radius 3 is 2.55 bits per heavy atom. The molecular weight excluding hydrogens is 662 g/mol. The lowest BCUT2D eigenvalue weighted by atomic mass is 10.1. The molecule has 0 radical (unpaired) electrons. The zero-order chi connectivity index (χ0) is 31.4. The third kappa shape index (κ3) is 5.87. The zero-order valence-corrected chi connectivity index (χ0v) is 24.8. The molecule has 6 heterocycles. The van der Waals surface area contributed by atoms with E-state index >= 15 is 8.78 Å². The maximum atomic E-state index is 15.8. The van der Waals surface area contributed by atoms with Crippen LogP contribution in [0.5, 0.6) is 0 Å². The van der Waals surface area contributed by atoms with E-state index in [1.165, 1.54) is 10.9 Å². The highest BCUT2D eigenvalue weighted by Crippen LogP contribution is 2.64. The van der Waals surface area contributed by atoms with E-state index in [2.05, 4.69) is 15.0 Å². The molecule has 0 aliphatic carbocycles. The minimum Gasteiger partial charge on any atom is -0.382 e. The van der Waals surface area contributed by atoms with E-state index in [0.717, 1.165) is 25.7 Å². The number of nitrogen functional groups attached to an aromatic ring is 1. The molecule has 0 saturated carbocycles. The van der Waals surface area contributed by atoms with Crippen molar-refractivity contribution >= 4 is 43.3 Å². The maximum absolute atomic E-state index is 15.8. The van der Waals surface area contributed by atoms with E-state index < -0.39 is 88.3 Å². The summed E-state index contributed by atoms with van der Waals surface area (Å²) >= 11 is 0.165. The number of imidazole rings is 1. The summed E-state index contributed by atoms with van der Waals surface area (Å²) in [5.41, 5.74) is 4.21. The minimum absolute atomic E-state index is 0.00593. The number of phosphoric acid groups is 1. The Morgan fingerprint density at radius 1 is 1.05 bits per heavy atom. The third-order valence-corrected chi connectivity index (χ3v) is 10.6. The summed E-state index contributed by atoms with van der Waals surface area (Å²) in [7, 11) is -4.08. The van der Waals surface area contributed by atoms with E-state index in [1.54, 1.807) is 0 Å². The molecule has 44 heavy (non-hydrogen) atoms. The molecule has 240 valence electrons. The first-order valence-corrected chi connectivity index (χ1v) is 16.9. The number of fused-ring (bicyclic) bond motifs is 4. The Hall–Kier alpha value is -2.62. The van der Waals surface area contributed by atoms with Crippen molar-refractivity contribution in [2.45, 2.75) is 49.2 Å². The summed E-state index contributed by atoms with van der Waals surface area (Å²) < 4.78 is 97.6. The smallest absolute Gasteiger partial charge is 0.382 e. The Morgan fingerprint density at radius 2 is 1.80 bits per heavy atom. The van der Waals surface area contributed by atoms with Crippen molar-refractivity contribution in [1.29, 1.82) is 0 Å². The molecule has 0 spiro atoms. The number of hydrogen-bond acceptors (Lipinski definition) is 16. The van der Waals surface area contributed by atoms with Gasteiger partial charge in [0.05, 0.1) is 26.7 Å². The lowest BCUT2D eigenvalue weighted by molar-refractivity contribution is -0.0640. The first kappa shape index (κ1) is 31.4. The van der Waals surface area contributed by atoms with Crippen LogP contribution in [-0.2, 0) is 40.9 Å². The molecular formula is C20H23F2N7O12P2S. The molecule has 0 aromatic carbocycles. The summed E-state index contributed by atoms with van der Waals surface area (Å²) in [6, 6.07) is 0.928. The number of nitrogens with two attached hydrogens (primary N) is 1. The summed E-state index contributed by atoms with van der Waals surface area (Å²) in [6.45, 7) is -6.29. The van der Waals surface area contributed by atoms with E-state index in [-0.39, 0.29) is 28.6 Å². The predicted molar refractivity (Wildman–Crippen MR) is 142 cm³/mol. The van der Waals surface area contributed by atoms with Crippen LogP contribution in [0, 0.1) is 0 Å². The molecule has 10 atom stereocenters. The molecule has 3 aliphatic rings. The first-order chi connectivity index (χ1) is 20.9. The number of aromatic nitrogens is 6. The lowest BCUT2D eigenvalue weighted by Gasteiger charge is -2.26. The van der Waals surface area contributed by atoms with E-state index in [1.807, 2.05) is 4.98 Å². The van der Waals surface area contributed by atoms with Gasteiger partial charge < -0.3 is 24.3 Å². The van der Waals surface area contributed by atoms with Crippen molar-refractivity contribution < 1.29 is 54.6 Å². The molecule has 3 aromatic heterocycles. The van der Waals surface area contributed by atoms with Crippen molar-refractivity contribution in [2.75, 3.05) is 26.1 Å². The van der Waals surface area contributed by atoms with E-state index in [9.17, 15) is 23.6 Å². The third-order valence-electron chi connectivity index (χ3n) is 6.79. The average molecular weight is 685 g/mol. The predicted octanol–water partition coefficient (Wildman–Crippen LogP) is 0.750. The largest absolute Gasteiger partial charge is 0.472 e. The molecule has 3 aromatic rings. The van der Waals surface area contributed by atoms with Crippen LogP contribution in [0.15, 0.2) is 34.5 Å². The van der Waals surface area contributed by atoms with Crippen LogP contribution in [0.4, 0.5) is 14.6 Å². The molecule has 1 unspecified atom stereocenters. The second-order valence-electron chi connectivity index (χ2n) is 9.51. The normalized spacial score (nSPS) is 38.1. The topological polar surface area (TPSA) is 243 Å². The van der Waals surface area contributed by atoms with Crippen LogP contribution in [-0.4, -0.2) is 91.0 Å². The second-order valence-corrected chi connectivity index (χ2v) is 14.5. The van der Waals surface area contributed by atoms with Gasteiger partial charge >= 0.3 is 20.3 Å². The molecule has 3 fully saturated rings. The number of rotatable bonds is 4. The van der Waals surface area contributed by atoms with Crippen molar-refractivity contribution in [3.8, 4) is 0 Å². The molecule has 3 saturated heterocycles. The van der Waals surface area contributed by atoms with Gasteiger partial charge in [-0.15, -0.1) is 0 Å². The first-order valence-electron chi connectivity index (χ1n) is 12.5. The second kappa shape index (κ2) is 12.0. The van der Waals surface area contributed by atoms with Crippen LogP contribution in [0.25, 0.3) is 11.2 Å². The fourth-order valence-corrected chi connectivity index (χ4v) is 8.24. The summed E-state index contributed by atoms with van der Waals surface area (Å²) in [5.74, 6) is -0.00593. The number of phosphoric ester groups is 1. The summed E-state index contributed by atoms with van der Waals surface area (Å²) in [6.07, 6.45) is -11.4. The number of hydrogen-bond donors (Lipinski definition) is 3. The Kier molecular flexibility index (Phi) is 8.52. The number of anilines is 1. The Balaban J connectivity index is 1.35. The summed E-state index contributed by atoms with van der Waals surface area (Å²) in [4.78, 5) is 48.3. The van der Waals surface area contributed by atoms with Crippen molar-refractivity contribution in [3.63, 3.8) is 0 Å². The number of aromatic amines is 1. The quantitative estimate of drug-likeness (QED) is 0.253. The van der Waals surface area contributed by atoms with Gasteiger partial charge in [-0.1, -0.05) is 0 Å². The lowest BCUT2D eigenvalue weighted by Crippen LogP contribution is -2.36. The van der Waals surface area contributed by atoms with Crippen molar-refractivity contribution in [3.05, 3.63) is 45.8 Å². The number of ether oxygens (including phenoxy) is 2. The fourth-order valence-electron chi connectivity index (χ4n) is 4.85. The molecule has 3 aliphatic heterocycles. The zero-order valence-electron chi connectivity index (χ0n) is 22.2. The number of halogens is 2. The highest BCUT2D eigenvalue weighted by Gasteiger charge is 2.55. The minimum atomic E-state index is -5.19. The van der Waals surface area contributed by atoms with Crippen LogP contribution in [0.3, 0.4) is 0 Å². The number of alkyl halides is 2. The molecule has 19 nitrogen and oxygen atoms in total. The van der Waals surface area contributed by atoms with Gasteiger partial charge in [-0.05, 0) is 0 Å².